The number of hydrogen-bond donors (Lipinski definition) is 3. The number of pyridine rings is 1. The summed E-state index contributed by atoms with van der Waals surface area (Å²) >= 11 is 0. The number of benzene rings is 1. The zero-order chi connectivity index (χ0) is 21.2. The molecule has 0 aliphatic carbocycles. The molecule has 2 unspecified atom stereocenters. The summed E-state index contributed by atoms with van der Waals surface area (Å²) in [5.41, 5.74) is 1.93. The van der Waals surface area contributed by atoms with Crippen LogP contribution in [0, 0.1) is 0 Å². The maximum absolute atomic E-state index is 12.0. The number of rotatable bonds is 7. The van der Waals surface area contributed by atoms with Gasteiger partial charge < -0.3 is 16.0 Å². The second-order valence-corrected chi connectivity index (χ2v) is 7.67. The van der Waals surface area contributed by atoms with Crippen molar-refractivity contribution < 1.29 is 4.79 Å². The van der Waals surface area contributed by atoms with Crippen LogP contribution < -0.4 is 16.0 Å². The van der Waals surface area contributed by atoms with E-state index in [4.69, 9.17) is 0 Å². The van der Waals surface area contributed by atoms with Crippen molar-refractivity contribution in [2.24, 2.45) is 4.99 Å². The van der Waals surface area contributed by atoms with Crippen LogP contribution in [0.4, 0.5) is 0 Å². The molecule has 1 aliphatic heterocycles. The van der Waals surface area contributed by atoms with Crippen molar-refractivity contribution >= 4 is 35.8 Å². The highest BCUT2D eigenvalue weighted by Crippen LogP contribution is 2.19. The molecule has 3 rings (SSSR count). The third-order valence-corrected chi connectivity index (χ3v) is 5.43. The van der Waals surface area contributed by atoms with Gasteiger partial charge in [0.05, 0.1) is 5.56 Å². The maximum atomic E-state index is 12.0. The van der Waals surface area contributed by atoms with E-state index in [1.54, 1.807) is 31.6 Å². The molecule has 1 aliphatic rings. The first-order valence-corrected chi connectivity index (χ1v) is 10.6. The molecule has 7 nitrogen and oxygen atoms in total. The average Bonchev–Trinajstić information content (AvgIpc) is 2.78. The standard InChI is InChI=1S/C23H32N6O.HI/c1-18-15-21(10-14-29(18)17-19-7-4-3-5-8-19)28-23(24-2)27-13-12-26-22(30)20-9-6-11-25-16-20;/h3-9,11,16,18,21H,10,12-15,17H2,1-2H3,(H,26,30)(H2,24,27,28);1H. The van der Waals surface area contributed by atoms with E-state index in [1.807, 2.05) is 0 Å². The van der Waals surface area contributed by atoms with Gasteiger partial charge in [-0.15, -0.1) is 24.0 Å². The number of nitrogens with zero attached hydrogens (tertiary/aromatic N) is 3. The molecule has 1 aromatic carbocycles. The van der Waals surface area contributed by atoms with E-state index < -0.39 is 0 Å². The molecule has 31 heavy (non-hydrogen) atoms. The minimum Gasteiger partial charge on any atom is -0.355 e. The first kappa shape index (κ1) is 25.1. The summed E-state index contributed by atoms with van der Waals surface area (Å²) in [7, 11) is 1.78. The third-order valence-electron chi connectivity index (χ3n) is 5.43. The van der Waals surface area contributed by atoms with E-state index in [0.717, 1.165) is 31.9 Å². The van der Waals surface area contributed by atoms with Crippen molar-refractivity contribution in [3.8, 4) is 0 Å². The highest BCUT2D eigenvalue weighted by atomic mass is 127. The van der Waals surface area contributed by atoms with Crippen LogP contribution in [-0.4, -0.2) is 60.5 Å². The summed E-state index contributed by atoms with van der Waals surface area (Å²) in [6.07, 6.45) is 5.37. The molecule has 3 N–H and O–H groups in total. The van der Waals surface area contributed by atoms with Crippen LogP contribution in [0.3, 0.4) is 0 Å². The highest BCUT2D eigenvalue weighted by Gasteiger charge is 2.25. The predicted molar refractivity (Wildman–Crippen MR) is 136 cm³/mol. The Morgan fingerprint density at radius 3 is 2.61 bits per heavy atom. The van der Waals surface area contributed by atoms with E-state index in [2.05, 4.69) is 68.1 Å². The van der Waals surface area contributed by atoms with Gasteiger partial charge in [-0.1, -0.05) is 30.3 Å². The van der Waals surface area contributed by atoms with E-state index in [1.165, 1.54) is 5.56 Å². The molecular weight excluding hydrogens is 503 g/mol. The number of guanidine groups is 1. The summed E-state index contributed by atoms with van der Waals surface area (Å²) < 4.78 is 0. The molecule has 1 aromatic heterocycles. The van der Waals surface area contributed by atoms with Crippen molar-refractivity contribution in [2.45, 2.75) is 38.4 Å². The summed E-state index contributed by atoms with van der Waals surface area (Å²) in [5.74, 6) is 0.659. The van der Waals surface area contributed by atoms with Gasteiger partial charge in [0, 0.05) is 57.7 Å². The first-order chi connectivity index (χ1) is 14.7. The molecule has 1 amide bonds. The lowest BCUT2D eigenvalue weighted by molar-refractivity contribution is 0.0954. The lowest BCUT2D eigenvalue weighted by Gasteiger charge is -2.38. The van der Waals surface area contributed by atoms with Crippen LogP contribution in [0.15, 0.2) is 59.9 Å². The number of hydrogen-bond acceptors (Lipinski definition) is 4. The van der Waals surface area contributed by atoms with Crippen LogP contribution >= 0.6 is 24.0 Å². The van der Waals surface area contributed by atoms with Crippen LogP contribution in [0.5, 0.6) is 0 Å². The van der Waals surface area contributed by atoms with Gasteiger partial charge in [0.25, 0.3) is 5.91 Å². The number of carbonyl (C=O) groups is 1. The van der Waals surface area contributed by atoms with E-state index >= 15 is 0 Å². The van der Waals surface area contributed by atoms with Crippen LogP contribution in [-0.2, 0) is 6.54 Å². The number of piperidine rings is 1. The lowest BCUT2D eigenvalue weighted by atomic mass is 9.97. The van der Waals surface area contributed by atoms with Crippen molar-refractivity contribution in [1.82, 2.24) is 25.8 Å². The Bertz CT molecular complexity index is 817. The first-order valence-electron chi connectivity index (χ1n) is 10.6. The minimum absolute atomic E-state index is 0. The lowest BCUT2D eigenvalue weighted by Crippen LogP contribution is -2.52. The van der Waals surface area contributed by atoms with E-state index in [9.17, 15) is 4.79 Å². The molecule has 2 atom stereocenters. The summed E-state index contributed by atoms with van der Waals surface area (Å²) in [6, 6.07) is 15.0. The molecule has 168 valence electrons. The van der Waals surface area contributed by atoms with Gasteiger partial charge >= 0.3 is 0 Å². The van der Waals surface area contributed by atoms with E-state index in [-0.39, 0.29) is 29.9 Å². The number of aliphatic imine (C=N–C) groups is 1. The molecule has 0 saturated carbocycles. The van der Waals surface area contributed by atoms with Crippen LogP contribution in [0.25, 0.3) is 0 Å². The quantitative estimate of drug-likeness (QED) is 0.220. The van der Waals surface area contributed by atoms with Crippen molar-refractivity contribution in [1.29, 1.82) is 0 Å². The van der Waals surface area contributed by atoms with Gasteiger partial charge in [0.15, 0.2) is 5.96 Å². The van der Waals surface area contributed by atoms with Crippen molar-refractivity contribution in [2.75, 3.05) is 26.7 Å². The van der Waals surface area contributed by atoms with Gasteiger partial charge in [-0.05, 0) is 37.5 Å². The summed E-state index contributed by atoms with van der Waals surface area (Å²) in [4.78, 5) is 22.9. The third kappa shape index (κ3) is 8.10. The summed E-state index contributed by atoms with van der Waals surface area (Å²) in [5, 5.41) is 9.70. The fourth-order valence-electron chi connectivity index (χ4n) is 3.75. The van der Waals surface area contributed by atoms with E-state index in [0.29, 0.717) is 30.7 Å². The normalized spacial score (nSPS) is 19.2. The fourth-order valence-corrected chi connectivity index (χ4v) is 3.75. The monoisotopic (exact) mass is 536 g/mol. The Labute approximate surface area is 202 Å². The van der Waals surface area contributed by atoms with Crippen molar-refractivity contribution in [3.05, 3.63) is 66.0 Å². The number of halogens is 1. The molecule has 0 radical (unpaired) electrons. The molecule has 1 fully saturated rings. The van der Waals surface area contributed by atoms with Gasteiger partial charge in [0.1, 0.15) is 0 Å². The smallest absolute Gasteiger partial charge is 0.252 e. The largest absolute Gasteiger partial charge is 0.355 e. The molecule has 2 heterocycles. The minimum atomic E-state index is -0.118. The second kappa shape index (κ2) is 13.3. The SMILES string of the molecule is CN=C(NCCNC(=O)c1cccnc1)NC1CCN(Cc2ccccc2)C(C)C1.I. The van der Waals surface area contributed by atoms with Gasteiger partial charge in [-0.2, -0.15) is 0 Å². The predicted octanol–water partition coefficient (Wildman–Crippen LogP) is 2.65. The molecule has 8 heteroatoms. The molecule has 0 spiro atoms. The number of aromatic nitrogens is 1. The average molecular weight is 536 g/mol. The highest BCUT2D eigenvalue weighted by molar-refractivity contribution is 14.0. The van der Waals surface area contributed by atoms with Gasteiger partial charge in [-0.3, -0.25) is 19.7 Å². The Hall–Kier alpha value is -2.20. The van der Waals surface area contributed by atoms with Gasteiger partial charge in [0.2, 0.25) is 0 Å². The molecular formula is C23H33IN6O. The Kier molecular flexibility index (Phi) is 10.7. The van der Waals surface area contributed by atoms with Crippen LogP contribution in [0.1, 0.15) is 35.7 Å². The summed E-state index contributed by atoms with van der Waals surface area (Å²) in [6.45, 7) is 5.47. The number of carbonyl (C=O) groups excluding carboxylic acids is 1. The van der Waals surface area contributed by atoms with Gasteiger partial charge in [-0.25, -0.2) is 0 Å². The van der Waals surface area contributed by atoms with Crippen molar-refractivity contribution in [3.63, 3.8) is 0 Å². The molecule has 2 aromatic rings. The Morgan fingerprint density at radius 1 is 1.16 bits per heavy atom. The molecule has 0 bridgehead atoms. The number of likely N-dealkylation sites (tertiary alicyclic amines) is 1. The zero-order valence-electron chi connectivity index (χ0n) is 18.3. The Morgan fingerprint density at radius 2 is 1.94 bits per heavy atom. The maximum Gasteiger partial charge on any atom is 0.252 e. The molecule has 1 saturated heterocycles. The Balaban J connectivity index is 0.00000341. The number of amides is 1. The zero-order valence-corrected chi connectivity index (χ0v) is 20.6. The second-order valence-electron chi connectivity index (χ2n) is 7.67. The fraction of sp³-hybridized carbons (Fsp3) is 0.435. The van der Waals surface area contributed by atoms with Crippen LogP contribution in [0.2, 0.25) is 0 Å². The topological polar surface area (TPSA) is 81.6 Å². The number of nitrogens with one attached hydrogen (secondary N) is 3.